The van der Waals surface area contributed by atoms with Crippen LogP contribution in [0.4, 0.5) is 0 Å². The Morgan fingerprint density at radius 2 is 2.05 bits per heavy atom. The highest BCUT2D eigenvalue weighted by atomic mass is 32.2. The molecule has 0 amide bonds. The minimum atomic E-state index is 0.303. The van der Waals surface area contributed by atoms with E-state index in [1.165, 1.54) is 11.4 Å². The smallest absolute Gasteiger partial charge is 0.161 e. The van der Waals surface area contributed by atoms with Crippen molar-refractivity contribution in [2.75, 3.05) is 25.2 Å². The molecule has 0 saturated heterocycles. The van der Waals surface area contributed by atoms with Crippen molar-refractivity contribution < 1.29 is 4.74 Å². The molecule has 1 rings (SSSR count). The SMILES string of the molecule is CCCNC(CSCC(C)C)c1c(OC)cnn1CCC. The van der Waals surface area contributed by atoms with Gasteiger partial charge in [-0.2, -0.15) is 16.9 Å². The highest BCUT2D eigenvalue weighted by molar-refractivity contribution is 7.99. The highest BCUT2D eigenvalue weighted by Gasteiger charge is 2.21. The Labute approximate surface area is 134 Å². The maximum atomic E-state index is 5.53. The summed E-state index contributed by atoms with van der Waals surface area (Å²) in [5, 5.41) is 8.15. The summed E-state index contributed by atoms with van der Waals surface area (Å²) in [6, 6.07) is 0.303. The van der Waals surface area contributed by atoms with E-state index in [0.29, 0.717) is 6.04 Å². The van der Waals surface area contributed by atoms with Gasteiger partial charge < -0.3 is 10.1 Å². The summed E-state index contributed by atoms with van der Waals surface area (Å²) in [7, 11) is 1.73. The Morgan fingerprint density at radius 3 is 2.62 bits per heavy atom. The molecule has 0 aliphatic rings. The van der Waals surface area contributed by atoms with Crippen LogP contribution in [0.2, 0.25) is 0 Å². The topological polar surface area (TPSA) is 39.1 Å². The Balaban J connectivity index is 2.86. The van der Waals surface area contributed by atoms with Crippen LogP contribution in [-0.4, -0.2) is 34.9 Å². The van der Waals surface area contributed by atoms with E-state index in [1.54, 1.807) is 7.11 Å². The maximum Gasteiger partial charge on any atom is 0.161 e. The van der Waals surface area contributed by atoms with Crippen LogP contribution in [0.3, 0.4) is 0 Å². The van der Waals surface area contributed by atoms with Crippen LogP contribution in [0.1, 0.15) is 52.3 Å². The predicted molar refractivity (Wildman–Crippen MR) is 92.3 cm³/mol. The van der Waals surface area contributed by atoms with Crippen molar-refractivity contribution in [1.29, 1.82) is 0 Å². The van der Waals surface area contributed by atoms with Gasteiger partial charge in [0.2, 0.25) is 0 Å². The lowest BCUT2D eigenvalue weighted by Crippen LogP contribution is -2.27. The molecule has 0 radical (unpaired) electrons. The number of thioether (sulfide) groups is 1. The lowest BCUT2D eigenvalue weighted by Gasteiger charge is -2.21. The van der Waals surface area contributed by atoms with Gasteiger partial charge in [0.15, 0.2) is 5.75 Å². The summed E-state index contributed by atoms with van der Waals surface area (Å²) in [6.07, 6.45) is 4.06. The number of hydrogen-bond acceptors (Lipinski definition) is 4. The minimum Gasteiger partial charge on any atom is -0.493 e. The minimum absolute atomic E-state index is 0.303. The molecule has 1 N–H and O–H groups in total. The first-order valence-electron chi connectivity index (χ1n) is 8.04. The van der Waals surface area contributed by atoms with Crippen molar-refractivity contribution in [1.82, 2.24) is 15.1 Å². The molecule has 0 saturated carbocycles. The highest BCUT2D eigenvalue weighted by Crippen LogP contribution is 2.28. The molecule has 5 heteroatoms. The predicted octanol–water partition coefficient (Wildman–Crippen LogP) is 3.73. The van der Waals surface area contributed by atoms with Gasteiger partial charge in [-0.15, -0.1) is 0 Å². The van der Waals surface area contributed by atoms with Crippen LogP contribution in [0.5, 0.6) is 5.75 Å². The van der Waals surface area contributed by atoms with Gasteiger partial charge in [-0.3, -0.25) is 4.68 Å². The first kappa shape index (κ1) is 18.4. The maximum absolute atomic E-state index is 5.53. The normalized spacial score (nSPS) is 12.9. The van der Waals surface area contributed by atoms with Crippen molar-refractivity contribution in [3.8, 4) is 5.75 Å². The molecule has 21 heavy (non-hydrogen) atoms. The van der Waals surface area contributed by atoms with E-state index < -0.39 is 0 Å². The molecule has 1 aromatic heterocycles. The largest absolute Gasteiger partial charge is 0.493 e. The van der Waals surface area contributed by atoms with E-state index in [9.17, 15) is 0 Å². The van der Waals surface area contributed by atoms with Crippen molar-refractivity contribution in [3.63, 3.8) is 0 Å². The molecule has 1 unspecified atom stereocenters. The number of nitrogens with one attached hydrogen (secondary N) is 1. The van der Waals surface area contributed by atoms with Crippen molar-refractivity contribution in [3.05, 3.63) is 11.9 Å². The first-order chi connectivity index (χ1) is 10.1. The fraction of sp³-hybridized carbons (Fsp3) is 0.812. The molecule has 0 bridgehead atoms. The molecular formula is C16H31N3OS. The van der Waals surface area contributed by atoms with Crippen LogP contribution in [0.15, 0.2) is 6.20 Å². The summed E-state index contributed by atoms with van der Waals surface area (Å²) >= 11 is 2.00. The van der Waals surface area contributed by atoms with Crippen LogP contribution in [0.25, 0.3) is 0 Å². The average molecular weight is 314 g/mol. The third-order valence-corrected chi connectivity index (χ3v) is 4.68. The van der Waals surface area contributed by atoms with E-state index in [2.05, 4.69) is 42.8 Å². The zero-order chi connectivity index (χ0) is 15.7. The second-order valence-corrected chi connectivity index (χ2v) is 6.83. The van der Waals surface area contributed by atoms with Crippen molar-refractivity contribution in [2.24, 2.45) is 5.92 Å². The zero-order valence-electron chi connectivity index (χ0n) is 14.2. The van der Waals surface area contributed by atoms with E-state index in [4.69, 9.17) is 4.74 Å². The Hall–Kier alpha value is -0.680. The lowest BCUT2D eigenvalue weighted by molar-refractivity contribution is 0.395. The van der Waals surface area contributed by atoms with Crippen molar-refractivity contribution in [2.45, 2.75) is 53.1 Å². The molecule has 0 aromatic carbocycles. The molecule has 1 atom stereocenters. The second-order valence-electron chi connectivity index (χ2n) is 5.76. The van der Waals surface area contributed by atoms with Gasteiger partial charge in [0.25, 0.3) is 0 Å². The van der Waals surface area contributed by atoms with E-state index in [1.807, 2.05) is 18.0 Å². The molecule has 1 aromatic rings. The standard InChI is InChI=1S/C16H31N3OS/c1-6-8-17-14(12-21-11-13(3)4)16-15(20-5)10-18-19(16)9-7-2/h10,13-14,17H,6-9,11-12H2,1-5H3. The van der Waals surface area contributed by atoms with Crippen LogP contribution in [0, 0.1) is 5.92 Å². The average Bonchev–Trinajstić information content (AvgIpc) is 2.85. The van der Waals surface area contributed by atoms with Gasteiger partial charge in [-0.1, -0.05) is 27.7 Å². The van der Waals surface area contributed by atoms with Crippen molar-refractivity contribution >= 4 is 11.8 Å². The number of methoxy groups -OCH3 is 1. The third-order valence-electron chi connectivity index (χ3n) is 3.21. The Kier molecular flexibility index (Phi) is 8.85. The van der Waals surface area contributed by atoms with Gasteiger partial charge in [0.1, 0.15) is 0 Å². The number of ether oxygens (including phenoxy) is 1. The van der Waals surface area contributed by atoms with E-state index in [0.717, 1.165) is 43.4 Å². The van der Waals surface area contributed by atoms with Gasteiger partial charge in [0.05, 0.1) is 25.0 Å². The van der Waals surface area contributed by atoms with Crippen LogP contribution < -0.4 is 10.1 Å². The fourth-order valence-electron chi connectivity index (χ4n) is 2.25. The van der Waals surface area contributed by atoms with Crippen LogP contribution >= 0.6 is 11.8 Å². The van der Waals surface area contributed by atoms with Crippen LogP contribution in [-0.2, 0) is 6.54 Å². The third kappa shape index (κ3) is 5.91. The van der Waals surface area contributed by atoms with Gasteiger partial charge in [0, 0.05) is 12.3 Å². The lowest BCUT2D eigenvalue weighted by atomic mass is 10.2. The zero-order valence-corrected chi connectivity index (χ0v) is 15.0. The monoisotopic (exact) mass is 313 g/mol. The summed E-state index contributed by atoms with van der Waals surface area (Å²) < 4.78 is 7.63. The molecule has 1 heterocycles. The van der Waals surface area contributed by atoms with Gasteiger partial charge >= 0.3 is 0 Å². The molecule has 0 spiro atoms. The number of aromatic nitrogens is 2. The molecule has 0 aliphatic heterocycles. The summed E-state index contributed by atoms with van der Waals surface area (Å²) in [4.78, 5) is 0. The molecule has 4 nitrogen and oxygen atoms in total. The first-order valence-corrected chi connectivity index (χ1v) is 9.20. The van der Waals surface area contributed by atoms with Gasteiger partial charge in [-0.05, 0) is 31.1 Å². The summed E-state index contributed by atoms with van der Waals surface area (Å²) in [5.41, 5.74) is 1.20. The molecule has 122 valence electrons. The van der Waals surface area contributed by atoms with Gasteiger partial charge in [-0.25, -0.2) is 0 Å². The molecule has 0 fully saturated rings. The molecule has 0 aliphatic carbocycles. The van der Waals surface area contributed by atoms with E-state index in [-0.39, 0.29) is 0 Å². The number of rotatable bonds is 11. The number of nitrogens with zero attached hydrogens (tertiary/aromatic N) is 2. The fourth-order valence-corrected chi connectivity index (χ4v) is 3.37. The Morgan fingerprint density at radius 1 is 1.29 bits per heavy atom. The second kappa shape index (κ2) is 10.1. The quantitative estimate of drug-likeness (QED) is 0.675. The molecular weight excluding hydrogens is 282 g/mol. The summed E-state index contributed by atoms with van der Waals surface area (Å²) in [5.74, 6) is 3.88. The van der Waals surface area contributed by atoms with E-state index >= 15 is 0 Å². The number of aryl methyl sites for hydroxylation is 1. The number of hydrogen-bond donors (Lipinski definition) is 1. The summed E-state index contributed by atoms with van der Waals surface area (Å²) in [6.45, 7) is 10.9. The Bertz CT molecular complexity index is 393.